The lowest BCUT2D eigenvalue weighted by Crippen LogP contribution is -1.87. The van der Waals surface area contributed by atoms with Gasteiger partial charge >= 0.3 is 5.97 Å². The molecule has 13 heavy (non-hydrogen) atoms. The third-order valence-electron chi connectivity index (χ3n) is 1.73. The van der Waals surface area contributed by atoms with Gasteiger partial charge in [-0.15, -0.1) is 0 Å². The summed E-state index contributed by atoms with van der Waals surface area (Å²) < 4.78 is 0. The Morgan fingerprint density at radius 1 is 1.38 bits per heavy atom. The second kappa shape index (κ2) is 4.45. The summed E-state index contributed by atoms with van der Waals surface area (Å²) >= 11 is 0. The fraction of sp³-hybridized carbons (Fsp3) is 0.182. The number of carboxylic acids is 1. The van der Waals surface area contributed by atoms with Crippen LogP contribution >= 0.6 is 0 Å². The molecule has 0 aliphatic carbocycles. The smallest absolute Gasteiger partial charge is 0.327 e. The van der Waals surface area contributed by atoms with Crippen molar-refractivity contribution in [2.45, 2.75) is 13.3 Å². The number of aliphatic carboxylic acids is 1. The number of aryl methyl sites for hydroxylation is 1. The highest BCUT2D eigenvalue weighted by molar-refractivity contribution is 5.79. The minimum Gasteiger partial charge on any atom is -0.478 e. The Morgan fingerprint density at radius 2 is 2.00 bits per heavy atom. The van der Waals surface area contributed by atoms with E-state index in [1.165, 1.54) is 11.6 Å². The maximum Gasteiger partial charge on any atom is 0.327 e. The van der Waals surface area contributed by atoms with Crippen molar-refractivity contribution in [3.05, 3.63) is 47.5 Å². The van der Waals surface area contributed by atoms with Gasteiger partial charge in [0.05, 0.1) is 0 Å². The van der Waals surface area contributed by atoms with Gasteiger partial charge in [-0.2, -0.15) is 0 Å². The molecule has 1 rings (SSSR count). The molecule has 2 heteroatoms. The van der Waals surface area contributed by atoms with Crippen LogP contribution < -0.4 is 0 Å². The summed E-state index contributed by atoms with van der Waals surface area (Å²) in [5.74, 6) is -0.896. The van der Waals surface area contributed by atoms with E-state index in [9.17, 15) is 4.79 Å². The van der Waals surface area contributed by atoms with E-state index in [1.54, 1.807) is 6.08 Å². The summed E-state index contributed by atoms with van der Waals surface area (Å²) in [6.07, 6.45) is 3.49. The molecular weight excluding hydrogens is 164 g/mol. The molecular formula is C11H12O2. The van der Waals surface area contributed by atoms with Gasteiger partial charge in [0, 0.05) is 6.08 Å². The lowest BCUT2D eigenvalue weighted by atomic mass is 10.1. The normalized spacial score (nSPS) is 10.5. The second-order valence-corrected chi connectivity index (χ2v) is 2.93. The van der Waals surface area contributed by atoms with E-state index in [4.69, 9.17) is 5.11 Å². The largest absolute Gasteiger partial charge is 0.478 e. The van der Waals surface area contributed by atoms with Crippen molar-refractivity contribution in [3.63, 3.8) is 0 Å². The molecule has 0 unspecified atom stereocenters. The van der Waals surface area contributed by atoms with Crippen molar-refractivity contribution in [1.82, 2.24) is 0 Å². The van der Waals surface area contributed by atoms with Crippen LogP contribution in [0.25, 0.3) is 0 Å². The SMILES string of the molecule is Cc1ccc(CC=CC(=O)O)cc1. The summed E-state index contributed by atoms with van der Waals surface area (Å²) in [7, 11) is 0. The topological polar surface area (TPSA) is 37.3 Å². The first kappa shape index (κ1) is 9.52. The first-order valence-corrected chi connectivity index (χ1v) is 4.13. The van der Waals surface area contributed by atoms with Crippen molar-refractivity contribution in [1.29, 1.82) is 0 Å². The zero-order valence-electron chi connectivity index (χ0n) is 7.53. The molecule has 0 aliphatic rings. The Bertz CT molecular complexity index is 309. The highest BCUT2D eigenvalue weighted by atomic mass is 16.4. The van der Waals surface area contributed by atoms with Crippen LogP contribution in [0.15, 0.2) is 36.4 Å². The van der Waals surface area contributed by atoms with E-state index in [0.29, 0.717) is 6.42 Å². The molecule has 0 amide bonds. The van der Waals surface area contributed by atoms with Gasteiger partial charge in [0.15, 0.2) is 0 Å². The molecule has 0 saturated carbocycles. The lowest BCUT2D eigenvalue weighted by molar-refractivity contribution is -0.131. The highest BCUT2D eigenvalue weighted by Gasteiger charge is 1.89. The van der Waals surface area contributed by atoms with Crippen LogP contribution in [0, 0.1) is 6.92 Å². The molecule has 0 saturated heterocycles. The quantitative estimate of drug-likeness (QED) is 0.717. The van der Waals surface area contributed by atoms with Gasteiger partial charge in [-0.3, -0.25) is 0 Å². The van der Waals surface area contributed by atoms with Gasteiger partial charge in [0.25, 0.3) is 0 Å². The van der Waals surface area contributed by atoms with Crippen molar-refractivity contribution < 1.29 is 9.90 Å². The molecule has 68 valence electrons. The molecule has 1 N–H and O–H groups in total. The van der Waals surface area contributed by atoms with Crippen LogP contribution in [-0.4, -0.2) is 11.1 Å². The highest BCUT2D eigenvalue weighted by Crippen LogP contribution is 2.03. The number of hydrogen-bond donors (Lipinski definition) is 1. The molecule has 1 aromatic rings. The fourth-order valence-corrected chi connectivity index (χ4v) is 1.02. The molecule has 0 radical (unpaired) electrons. The van der Waals surface area contributed by atoms with Gasteiger partial charge in [-0.05, 0) is 18.9 Å². The average Bonchev–Trinajstić information content (AvgIpc) is 2.08. The molecule has 0 spiro atoms. The van der Waals surface area contributed by atoms with Crippen molar-refractivity contribution in [2.24, 2.45) is 0 Å². The maximum absolute atomic E-state index is 10.2. The first-order chi connectivity index (χ1) is 6.18. The lowest BCUT2D eigenvalue weighted by Gasteiger charge is -1.96. The Hall–Kier alpha value is -1.57. The number of rotatable bonds is 3. The van der Waals surface area contributed by atoms with Gasteiger partial charge in [0.1, 0.15) is 0 Å². The summed E-state index contributed by atoms with van der Waals surface area (Å²) in [4.78, 5) is 10.2. The van der Waals surface area contributed by atoms with Crippen LogP contribution in [0.5, 0.6) is 0 Å². The summed E-state index contributed by atoms with van der Waals surface area (Å²) in [5, 5.41) is 8.35. The third kappa shape index (κ3) is 3.56. The van der Waals surface area contributed by atoms with Gasteiger partial charge in [-0.25, -0.2) is 4.79 Å². The number of benzene rings is 1. The molecule has 0 aromatic heterocycles. The van der Waals surface area contributed by atoms with E-state index in [1.807, 2.05) is 31.2 Å². The van der Waals surface area contributed by atoms with Gasteiger partial charge in [0.2, 0.25) is 0 Å². The van der Waals surface area contributed by atoms with Crippen LogP contribution in [-0.2, 0) is 11.2 Å². The zero-order valence-corrected chi connectivity index (χ0v) is 7.53. The molecule has 0 heterocycles. The predicted molar refractivity (Wildman–Crippen MR) is 51.7 cm³/mol. The second-order valence-electron chi connectivity index (χ2n) is 2.93. The van der Waals surface area contributed by atoms with E-state index in [0.717, 1.165) is 5.56 Å². The molecule has 0 aliphatic heterocycles. The van der Waals surface area contributed by atoms with Crippen molar-refractivity contribution >= 4 is 5.97 Å². The van der Waals surface area contributed by atoms with E-state index < -0.39 is 5.97 Å². The van der Waals surface area contributed by atoms with Crippen LogP contribution in [0.3, 0.4) is 0 Å². The van der Waals surface area contributed by atoms with E-state index >= 15 is 0 Å². The number of carbonyl (C=O) groups is 1. The Morgan fingerprint density at radius 3 is 2.54 bits per heavy atom. The number of allylic oxidation sites excluding steroid dienone is 1. The maximum atomic E-state index is 10.2. The molecule has 1 aromatic carbocycles. The predicted octanol–water partition coefficient (Wildman–Crippen LogP) is 2.18. The monoisotopic (exact) mass is 176 g/mol. The van der Waals surface area contributed by atoms with Crippen LogP contribution in [0.4, 0.5) is 0 Å². The molecule has 0 fully saturated rings. The molecule has 0 atom stereocenters. The average molecular weight is 176 g/mol. The van der Waals surface area contributed by atoms with Crippen LogP contribution in [0.2, 0.25) is 0 Å². The molecule has 0 bridgehead atoms. The number of carboxylic acid groups (broad SMARTS) is 1. The standard InChI is InChI=1S/C11H12O2/c1-9-5-7-10(8-6-9)3-2-4-11(12)13/h2,4-8H,3H2,1H3,(H,12,13). The first-order valence-electron chi connectivity index (χ1n) is 4.13. The summed E-state index contributed by atoms with van der Waals surface area (Å²) in [6, 6.07) is 8.04. The Labute approximate surface area is 77.5 Å². The van der Waals surface area contributed by atoms with Gasteiger partial charge < -0.3 is 5.11 Å². The Balaban J connectivity index is 2.55. The fourth-order valence-electron chi connectivity index (χ4n) is 1.02. The van der Waals surface area contributed by atoms with E-state index in [2.05, 4.69) is 0 Å². The van der Waals surface area contributed by atoms with Crippen molar-refractivity contribution in [2.75, 3.05) is 0 Å². The van der Waals surface area contributed by atoms with Crippen molar-refractivity contribution in [3.8, 4) is 0 Å². The minimum absolute atomic E-state index is 0.673. The Kier molecular flexibility index (Phi) is 3.26. The van der Waals surface area contributed by atoms with Crippen LogP contribution in [0.1, 0.15) is 11.1 Å². The number of hydrogen-bond acceptors (Lipinski definition) is 1. The third-order valence-corrected chi connectivity index (χ3v) is 1.73. The van der Waals surface area contributed by atoms with E-state index in [-0.39, 0.29) is 0 Å². The summed E-state index contributed by atoms with van der Waals surface area (Å²) in [6.45, 7) is 2.02. The zero-order chi connectivity index (χ0) is 9.68. The molecule has 2 nitrogen and oxygen atoms in total. The summed E-state index contributed by atoms with van der Waals surface area (Å²) in [5.41, 5.74) is 2.34. The van der Waals surface area contributed by atoms with Gasteiger partial charge in [-0.1, -0.05) is 35.9 Å². The minimum atomic E-state index is -0.896.